The number of rotatable bonds is 10. The van der Waals surface area contributed by atoms with Crippen molar-refractivity contribution in [2.45, 2.75) is 33.2 Å². The van der Waals surface area contributed by atoms with Gasteiger partial charge in [0.2, 0.25) is 11.9 Å². The number of amides is 1. The van der Waals surface area contributed by atoms with Crippen LogP contribution in [0.2, 0.25) is 0 Å². The smallest absolute Gasteiger partial charge is 0.247 e. The van der Waals surface area contributed by atoms with Crippen molar-refractivity contribution in [3.8, 4) is 22.5 Å². The standard InChI is InChI=1S/C35H41N9O/c1-8-32(45)37-29-19-28(22(2)17-31(29)42(6)16-15-41(4)5)38-35-36-20-26(30-18-23(3)40-43(30)7)33(39-35)27-21-44-14-10-12-24-11-9-13-25(27)34(24)44/h8-9,11,13,17-21H,1,10,12,14-16H2,2-7H3,(H,37,45)(H,36,38,39). The van der Waals surface area contributed by atoms with Crippen LogP contribution >= 0.6 is 0 Å². The predicted octanol–water partition coefficient (Wildman–Crippen LogP) is 5.93. The Balaban J connectivity index is 1.45. The molecular formula is C35H41N9O. The summed E-state index contributed by atoms with van der Waals surface area (Å²) in [6, 6.07) is 12.7. The molecule has 10 nitrogen and oxygen atoms in total. The summed E-state index contributed by atoms with van der Waals surface area (Å²) in [4.78, 5) is 26.7. The Labute approximate surface area is 264 Å². The molecule has 5 aromatic rings. The molecule has 0 aliphatic carbocycles. The predicted molar refractivity (Wildman–Crippen MR) is 183 cm³/mol. The van der Waals surface area contributed by atoms with Crippen LogP contribution in [-0.2, 0) is 24.8 Å². The Hall–Kier alpha value is -4.96. The third-order valence-corrected chi connectivity index (χ3v) is 8.48. The fraction of sp³-hybridized carbons (Fsp3) is 0.314. The topological polar surface area (TPSA) is 96.1 Å². The summed E-state index contributed by atoms with van der Waals surface area (Å²) < 4.78 is 4.25. The van der Waals surface area contributed by atoms with E-state index >= 15 is 0 Å². The maximum atomic E-state index is 12.4. The van der Waals surface area contributed by atoms with Gasteiger partial charge in [0.1, 0.15) is 0 Å². The van der Waals surface area contributed by atoms with Gasteiger partial charge in [0.15, 0.2) is 0 Å². The molecule has 45 heavy (non-hydrogen) atoms. The zero-order valence-electron chi connectivity index (χ0n) is 27.0. The Kier molecular flexibility index (Phi) is 8.16. The molecule has 0 saturated carbocycles. The van der Waals surface area contributed by atoms with E-state index in [0.717, 1.165) is 77.6 Å². The second-order valence-corrected chi connectivity index (χ2v) is 12.1. The molecule has 4 heterocycles. The first kappa shape index (κ1) is 30.1. The molecule has 6 rings (SSSR count). The van der Waals surface area contributed by atoms with Crippen molar-refractivity contribution in [3.05, 3.63) is 78.3 Å². The average molecular weight is 604 g/mol. The van der Waals surface area contributed by atoms with Crippen molar-refractivity contribution in [3.63, 3.8) is 0 Å². The van der Waals surface area contributed by atoms with E-state index in [4.69, 9.17) is 9.97 Å². The highest BCUT2D eigenvalue weighted by Gasteiger charge is 2.23. The summed E-state index contributed by atoms with van der Waals surface area (Å²) >= 11 is 0. The van der Waals surface area contributed by atoms with Gasteiger partial charge in [-0.05, 0) is 76.2 Å². The SMILES string of the molecule is C=CC(=O)Nc1cc(Nc2ncc(-c3cc(C)nn3C)c(-c3cn4c5c(cccc35)CCC4)n2)c(C)cc1N(C)CCN(C)C. The minimum absolute atomic E-state index is 0.269. The lowest BCUT2D eigenvalue weighted by Gasteiger charge is -2.25. The first-order chi connectivity index (χ1) is 21.6. The molecule has 2 aromatic carbocycles. The minimum atomic E-state index is -0.269. The van der Waals surface area contributed by atoms with Crippen LogP contribution in [0.15, 0.2) is 61.4 Å². The van der Waals surface area contributed by atoms with E-state index in [1.807, 2.05) is 59.0 Å². The third-order valence-electron chi connectivity index (χ3n) is 8.48. The molecule has 0 atom stereocenters. The molecule has 0 bridgehead atoms. The monoisotopic (exact) mass is 603 g/mol. The zero-order chi connectivity index (χ0) is 31.8. The highest BCUT2D eigenvalue weighted by Crippen LogP contribution is 2.40. The minimum Gasteiger partial charge on any atom is -0.372 e. The number of aryl methyl sites for hydroxylation is 5. The van der Waals surface area contributed by atoms with E-state index in [2.05, 4.69) is 73.2 Å². The van der Waals surface area contributed by atoms with E-state index in [1.165, 1.54) is 22.5 Å². The Morgan fingerprint density at radius 3 is 2.64 bits per heavy atom. The molecule has 0 saturated heterocycles. The van der Waals surface area contributed by atoms with Crippen LogP contribution in [0.4, 0.5) is 23.0 Å². The highest BCUT2D eigenvalue weighted by atomic mass is 16.1. The van der Waals surface area contributed by atoms with Crippen molar-refractivity contribution in [1.29, 1.82) is 0 Å². The normalized spacial score (nSPS) is 12.5. The molecule has 10 heteroatoms. The van der Waals surface area contributed by atoms with Gasteiger partial charge in [-0.3, -0.25) is 9.48 Å². The van der Waals surface area contributed by atoms with Gasteiger partial charge in [-0.1, -0.05) is 24.8 Å². The first-order valence-corrected chi connectivity index (χ1v) is 15.3. The third kappa shape index (κ3) is 5.93. The van der Waals surface area contributed by atoms with Gasteiger partial charge in [0.25, 0.3) is 0 Å². The molecule has 1 aliphatic heterocycles. The van der Waals surface area contributed by atoms with E-state index in [9.17, 15) is 4.79 Å². The first-order valence-electron chi connectivity index (χ1n) is 15.3. The number of hydrogen-bond acceptors (Lipinski definition) is 7. The zero-order valence-corrected chi connectivity index (χ0v) is 27.0. The maximum Gasteiger partial charge on any atom is 0.247 e. The lowest BCUT2D eigenvalue weighted by atomic mass is 10.00. The Bertz CT molecular complexity index is 1920. The van der Waals surface area contributed by atoms with E-state index < -0.39 is 0 Å². The summed E-state index contributed by atoms with van der Waals surface area (Å²) in [5, 5.41) is 12.3. The molecular weight excluding hydrogens is 562 g/mol. The average Bonchev–Trinajstić information content (AvgIpc) is 3.57. The molecule has 232 valence electrons. The molecule has 0 radical (unpaired) electrons. The maximum absolute atomic E-state index is 12.4. The lowest BCUT2D eigenvalue weighted by Crippen LogP contribution is -2.29. The molecule has 0 unspecified atom stereocenters. The summed E-state index contributed by atoms with van der Waals surface area (Å²) in [6.07, 6.45) is 7.60. The molecule has 3 aromatic heterocycles. The lowest BCUT2D eigenvalue weighted by molar-refractivity contribution is -0.111. The van der Waals surface area contributed by atoms with Gasteiger partial charge in [0.05, 0.1) is 34.0 Å². The molecule has 2 N–H and O–H groups in total. The van der Waals surface area contributed by atoms with Crippen LogP contribution in [0.25, 0.3) is 33.4 Å². The van der Waals surface area contributed by atoms with Crippen molar-refractivity contribution in [2.75, 3.05) is 49.8 Å². The number of nitrogens with one attached hydrogen (secondary N) is 2. The molecule has 0 spiro atoms. The summed E-state index contributed by atoms with van der Waals surface area (Å²) in [6.45, 7) is 10.3. The summed E-state index contributed by atoms with van der Waals surface area (Å²) in [7, 11) is 8.08. The second kappa shape index (κ2) is 12.2. The van der Waals surface area contributed by atoms with Crippen molar-refractivity contribution < 1.29 is 4.79 Å². The van der Waals surface area contributed by atoms with Crippen LogP contribution in [0.1, 0.15) is 23.2 Å². The van der Waals surface area contributed by atoms with Gasteiger partial charge in [-0.15, -0.1) is 0 Å². The summed E-state index contributed by atoms with van der Waals surface area (Å²) in [5.41, 5.74) is 10.8. The second-order valence-electron chi connectivity index (χ2n) is 12.1. The van der Waals surface area contributed by atoms with Crippen LogP contribution in [0, 0.1) is 13.8 Å². The molecule has 1 amide bonds. The van der Waals surface area contributed by atoms with Crippen LogP contribution in [-0.4, -0.2) is 69.4 Å². The fourth-order valence-corrected chi connectivity index (χ4v) is 6.16. The van der Waals surface area contributed by atoms with E-state index in [-0.39, 0.29) is 5.91 Å². The van der Waals surface area contributed by atoms with Gasteiger partial charge in [-0.2, -0.15) is 5.10 Å². The van der Waals surface area contributed by atoms with Crippen LogP contribution in [0.3, 0.4) is 0 Å². The number of nitrogens with zero attached hydrogens (tertiary/aromatic N) is 7. The summed E-state index contributed by atoms with van der Waals surface area (Å²) in [5.74, 6) is 0.201. The van der Waals surface area contributed by atoms with Crippen LogP contribution < -0.4 is 15.5 Å². The molecule has 0 fully saturated rings. The number of para-hydroxylation sites is 1. The Morgan fingerprint density at radius 1 is 1.09 bits per heavy atom. The van der Waals surface area contributed by atoms with Crippen molar-refractivity contribution in [1.82, 2.24) is 29.2 Å². The number of carbonyl (C=O) groups is 1. The van der Waals surface area contributed by atoms with Gasteiger partial charge < -0.3 is 25.0 Å². The van der Waals surface area contributed by atoms with E-state index in [1.54, 1.807) is 0 Å². The van der Waals surface area contributed by atoms with Gasteiger partial charge in [-0.25, -0.2) is 9.97 Å². The number of benzene rings is 2. The quantitative estimate of drug-likeness (QED) is 0.191. The van der Waals surface area contributed by atoms with Crippen LogP contribution in [0.5, 0.6) is 0 Å². The number of hydrogen-bond donors (Lipinski definition) is 2. The number of carbonyl (C=O) groups excluding carboxylic acids is 1. The number of aromatic nitrogens is 5. The highest BCUT2D eigenvalue weighted by molar-refractivity contribution is 6.02. The Morgan fingerprint density at radius 2 is 1.91 bits per heavy atom. The van der Waals surface area contributed by atoms with E-state index in [0.29, 0.717) is 11.6 Å². The fourth-order valence-electron chi connectivity index (χ4n) is 6.16. The van der Waals surface area contributed by atoms with Crippen molar-refractivity contribution >= 4 is 39.8 Å². The van der Waals surface area contributed by atoms with Gasteiger partial charge >= 0.3 is 0 Å². The van der Waals surface area contributed by atoms with Gasteiger partial charge in [0, 0.05) is 68.3 Å². The number of anilines is 4. The largest absolute Gasteiger partial charge is 0.372 e. The van der Waals surface area contributed by atoms with Crippen molar-refractivity contribution in [2.24, 2.45) is 7.05 Å². The number of likely N-dealkylation sites (N-methyl/N-ethyl adjacent to an activating group) is 2. The molecule has 1 aliphatic rings.